The first-order valence-corrected chi connectivity index (χ1v) is 8.76. The van der Waals surface area contributed by atoms with Crippen LogP contribution in [0.5, 0.6) is 0 Å². The number of para-hydroxylation sites is 1. The summed E-state index contributed by atoms with van der Waals surface area (Å²) >= 11 is 1.74. The number of carbonyl (C=O) groups excluding carboxylic acids is 1. The van der Waals surface area contributed by atoms with E-state index in [2.05, 4.69) is 41.1 Å². The quantitative estimate of drug-likeness (QED) is 0.846. The fourth-order valence-electron chi connectivity index (χ4n) is 2.92. The lowest BCUT2D eigenvalue weighted by Gasteiger charge is -2.36. The molecule has 0 N–H and O–H groups in total. The number of likely N-dealkylation sites (N-methyl/N-ethyl adjacent to an activating group) is 1. The molecule has 0 atom stereocenters. The molecule has 4 nitrogen and oxygen atoms in total. The van der Waals surface area contributed by atoms with Crippen molar-refractivity contribution < 1.29 is 4.79 Å². The molecule has 2 aliphatic rings. The Balaban J connectivity index is 1.74. The van der Waals surface area contributed by atoms with Crippen molar-refractivity contribution in [3.8, 4) is 0 Å². The molecule has 0 radical (unpaired) electrons. The number of nitrogens with zero attached hydrogens (tertiary/aromatic N) is 3. The highest BCUT2D eigenvalue weighted by Gasteiger charge is 2.21. The molecule has 5 heteroatoms. The molecule has 0 aliphatic carbocycles. The van der Waals surface area contributed by atoms with E-state index in [9.17, 15) is 4.79 Å². The molecule has 2 fully saturated rings. The van der Waals surface area contributed by atoms with E-state index in [-0.39, 0.29) is 5.91 Å². The minimum atomic E-state index is 0.277. The van der Waals surface area contributed by atoms with Gasteiger partial charge in [0.05, 0.1) is 5.75 Å². The molecule has 2 saturated heterocycles. The van der Waals surface area contributed by atoms with Gasteiger partial charge in [-0.05, 0) is 18.7 Å². The zero-order valence-electron chi connectivity index (χ0n) is 12.6. The molecular formula is C16H23N3OS. The van der Waals surface area contributed by atoms with E-state index in [0.29, 0.717) is 5.75 Å². The zero-order chi connectivity index (χ0) is 14.7. The van der Waals surface area contributed by atoms with Gasteiger partial charge in [-0.2, -0.15) is 11.8 Å². The second kappa shape index (κ2) is 6.71. The van der Waals surface area contributed by atoms with E-state index in [1.54, 1.807) is 11.8 Å². The van der Waals surface area contributed by atoms with E-state index in [1.807, 2.05) is 4.90 Å². The van der Waals surface area contributed by atoms with Crippen molar-refractivity contribution in [1.82, 2.24) is 9.80 Å². The van der Waals surface area contributed by atoms with Crippen molar-refractivity contribution in [2.45, 2.75) is 6.54 Å². The molecule has 1 aromatic rings. The number of piperazine rings is 1. The molecule has 21 heavy (non-hydrogen) atoms. The van der Waals surface area contributed by atoms with Crippen molar-refractivity contribution in [2.24, 2.45) is 0 Å². The molecule has 2 heterocycles. The summed E-state index contributed by atoms with van der Waals surface area (Å²) < 4.78 is 0. The number of thioether (sulfide) groups is 1. The first-order chi connectivity index (χ1) is 10.2. The summed E-state index contributed by atoms with van der Waals surface area (Å²) in [4.78, 5) is 18.8. The van der Waals surface area contributed by atoms with Crippen LogP contribution in [0, 0.1) is 0 Å². The molecule has 0 spiro atoms. The molecule has 2 aliphatic heterocycles. The highest BCUT2D eigenvalue weighted by molar-refractivity contribution is 8.00. The van der Waals surface area contributed by atoms with Crippen LogP contribution in [0.1, 0.15) is 5.56 Å². The van der Waals surface area contributed by atoms with Crippen LogP contribution in [0.3, 0.4) is 0 Å². The smallest absolute Gasteiger partial charge is 0.232 e. The summed E-state index contributed by atoms with van der Waals surface area (Å²) in [5, 5.41) is 0. The van der Waals surface area contributed by atoms with Gasteiger partial charge in [-0.3, -0.25) is 4.79 Å². The molecule has 0 aromatic heterocycles. The number of hydrogen-bond acceptors (Lipinski definition) is 4. The summed E-state index contributed by atoms with van der Waals surface area (Å²) in [6, 6.07) is 8.55. The Morgan fingerprint density at radius 2 is 1.86 bits per heavy atom. The number of rotatable bonds is 3. The van der Waals surface area contributed by atoms with Gasteiger partial charge in [0.1, 0.15) is 0 Å². The van der Waals surface area contributed by atoms with Gasteiger partial charge in [0.25, 0.3) is 0 Å². The lowest BCUT2D eigenvalue weighted by Crippen LogP contribution is -2.45. The Bertz CT molecular complexity index is 500. The van der Waals surface area contributed by atoms with Gasteiger partial charge >= 0.3 is 0 Å². The van der Waals surface area contributed by atoms with Crippen molar-refractivity contribution in [2.75, 3.05) is 56.2 Å². The van der Waals surface area contributed by atoms with Crippen LogP contribution in [-0.4, -0.2) is 67.0 Å². The van der Waals surface area contributed by atoms with Gasteiger partial charge < -0.3 is 14.7 Å². The minimum absolute atomic E-state index is 0.277. The number of benzene rings is 1. The number of amides is 1. The average molecular weight is 305 g/mol. The van der Waals surface area contributed by atoms with Gasteiger partial charge in [0.15, 0.2) is 0 Å². The van der Waals surface area contributed by atoms with Crippen LogP contribution >= 0.6 is 11.8 Å². The number of carbonyl (C=O) groups is 1. The molecule has 0 saturated carbocycles. The SMILES string of the molecule is CN1CCN(c2ccccc2CN2CCSCC2=O)CC1. The van der Waals surface area contributed by atoms with Gasteiger partial charge in [-0.25, -0.2) is 0 Å². The first kappa shape index (κ1) is 14.7. The lowest BCUT2D eigenvalue weighted by molar-refractivity contribution is -0.129. The monoisotopic (exact) mass is 305 g/mol. The second-order valence-corrected chi connectivity index (χ2v) is 6.89. The highest BCUT2D eigenvalue weighted by Crippen LogP contribution is 2.24. The van der Waals surface area contributed by atoms with Crippen molar-refractivity contribution in [3.05, 3.63) is 29.8 Å². The van der Waals surface area contributed by atoms with E-state index in [0.717, 1.165) is 45.0 Å². The molecule has 114 valence electrons. The molecule has 0 bridgehead atoms. The van der Waals surface area contributed by atoms with Crippen molar-refractivity contribution in [3.63, 3.8) is 0 Å². The third-order valence-electron chi connectivity index (χ3n) is 4.28. The van der Waals surface area contributed by atoms with E-state index in [4.69, 9.17) is 0 Å². The zero-order valence-corrected chi connectivity index (χ0v) is 13.4. The van der Waals surface area contributed by atoms with Gasteiger partial charge in [0.2, 0.25) is 5.91 Å². The Hall–Kier alpha value is -1.20. The topological polar surface area (TPSA) is 26.8 Å². The minimum Gasteiger partial charge on any atom is -0.369 e. The third-order valence-corrected chi connectivity index (χ3v) is 5.20. The summed E-state index contributed by atoms with van der Waals surface area (Å²) in [6.45, 7) is 5.97. The molecule has 0 unspecified atom stereocenters. The summed E-state index contributed by atoms with van der Waals surface area (Å²) in [5.41, 5.74) is 2.58. The Morgan fingerprint density at radius 3 is 2.62 bits per heavy atom. The summed E-state index contributed by atoms with van der Waals surface area (Å²) in [7, 11) is 2.17. The maximum absolute atomic E-state index is 12.0. The van der Waals surface area contributed by atoms with Crippen LogP contribution in [-0.2, 0) is 11.3 Å². The standard InChI is InChI=1S/C16H23N3OS/c1-17-6-8-18(9-7-17)15-5-3-2-4-14(15)12-19-10-11-21-13-16(19)20/h2-5H,6-13H2,1H3. The van der Waals surface area contributed by atoms with E-state index < -0.39 is 0 Å². The summed E-state index contributed by atoms with van der Waals surface area (Å²) in [5.74, 6) is 1.97. The first-order valence-electron chi connectivity index (χ1n) is 7.61. The van der Waals surface area contributed by atoms with E-state index >= 15 is 0 Å². The van der Waals surface area contributed by atoms with Gasteiger partial charge in [-0.1, -0.05) is 18.2 Å². The number of hydrogen-bond donors (Lipinski definition) is 0. The highest BCUT2D eigenvalue weighted by atomic mass is 32.2. The fourth-order valence-corrected chi connectivity index (χ4v) is 3.77. The Labute approximate surface area is 131 Å². The lowest BCUT2D eigenvalue weighted by atomic mass is 10.1. The Morgan fingerprint density at radius 1 is 1.10 bits per heavy atom. The maximum Gasteiger partial charge on any atom is 0.232 e. The normalized spacial score (nSPS) is 20.9. The number of anilines is 1. The predicted octanol–water partition coefficient (Wildman–Crippen LogP) is 1.51. The van der Waals surface area contributed by atoms with Gasteiger partial charge in [-0.15, -0.1) is 0 Å². The Kier molecular flexibility index (Phi) is 4.70. The molecular weight excluding hydrogens is 282 g/mol. The third kappa shape index (κ3) is 3.52. The largest absolute Gasteiger partial charge is 0.369 e. The fraction of sp³-hybridized carbons (Fsp3) is 0.562. The van der Waals surface area contributed by atoms with Gasteiger partial charge in [0, 0.05) is 50.7 Å². The van der Waals surface area contributed by atoms with Crippen molar-refractivity contribution in [1.29, 1.82) is 0 Å². The summed E-state index contributed by atoms with van der Waals surface area (Å²) in [6.07, 6.45) is 0. The second-order valence-electron chi connectivity index (χ2n) is 5.79. The van der Waals surface area contributed by atoms with Crippen molar-refractivity contribution >= 4 is 23.4 Å². The van der Waals surface area contributed by atoms with Crippen LogP contribution in [0.4, 0.5) is 5.69 Å². The average Bonchev–Trinajstić information content (AvgIpc) is 2.51. The van der Waals surface area contributed by atoms with Crippen LogP contribution in [0.2, 0.25) is 0 Å². The molecule has 1 aromatic carbocycles. The van der Waals surface area contributed by atoms with Crippen LogP contribution in [0.15, 0.2) is 24.3 Å². The van der Waals surface area contributed by atoms with Crippen LogP contribution < -0.4 is 4.90 Å². The predicted molar refractivity (Wildman–Crippen MR) is 88.9 cm³/mol. The van der Waals surface area contributed by atoms with Crippen LogP contribution in [0.25, 0.3) is 0 Å². The molecule has 1 amide bonds. The molecule has 3 rings (SSSR count). The van der Waals surface area contributed by atoms with E-state index in [1.165, 1.54) is 11.3 Å². The maximum atomic E-state index is 12.0.